The molecule has 0 spiro atoms. The summed E-state index contributed by atoms with van der Waals surface area (Å²) in [7, 11) is 0. The molecule has 27 heavy (non-hydrogen) atoms. The second-order valence-corrected chi connectivity index (χ2v) is 8.09. The molecule has 6 heteroatoms. The van der Waals surface area contributed by atoms with Crippen LogP contribution in [0.5, 0.6) is 0 Å². The number of rotatable bonds is 9. The SMILES string of the molecule is CC(Sc1ccccc1C(=O)Nc1cccc(COCC2CC2)c1)C(=O)O. The van der Waals surface area contributed by atoms with Gasteiger partial charge in [-0.1, -0.05) is 24.3 Å². The van der Waals surface area contributed by atoms with Gasteiger partial charge in [0.05, 0.1) is 12.2 Å². The van der Waals surface area contributed by atoms with Crippen LogP contribution in [0.25, 0.3) is 0 Å². The van der Waals surface area contributed by atoms with Crippen LogP contribution in [0.3, 0.4) is 0 Å². The summed E-state index contributed by atoms with van der Waals surface area (Å²) in [6.45, 7) is 2.93. The Morgan fingerprint density at radius 2 is 2.00 bits per heavy atom. The topological polar surface area (TPSA) is 75.6 Å². The molecule has 1 amide bonds. The van der Waals surface area contributed by atoms with Crippen LogP contribution in [0.15, 0.2) is 53.4 Å². The molecule has 1 aliphatic rings. The first kappa shape index (κ1) is 19.5. The molecule has 1 fully saturated rings. The molecule has 0 radical (unpaired) electrons. The Morgan fingerprint density at radius 1 is 1.22 bits per heavy atom. The van der Waals surface area contributed by atoms with Crippen LogP contribution in [0.1, 0.15) is 35.7 Å². The first-order valence-corrected chi connectivity index (χ1v) is 9.87. The van der Waals surface area contributed by atoms with E-state index < -0.39 is 11.2 Å². The van der Waals surface area contributed by atoms with Gasteiger partial charge in [0.25, 0.3) is 5.91 Å². The van der Waals surface area contributed by atoms with Crippen LogP contribution in [-0.2, 0) is 16.1 Å². The minimum absolute atomic E-state index is 0.258. The molecule has 1 atom stereocenters. The molecule has 2 aromatic carbocycles. The molecular weight excluding hydrogens is 362 g/mol. The second kappa shape index (κ2) is 9.06. The highest BCUT2D eigenvalue weighted by molar-refractivity contribution is 8.00. The molecule has 0 saturated heterocycles. The van der Waals surface area contributed by atoms with E-state index in [2.05, 4.69) is 5.32 Å². The zero-order valence-corrected chi connectivity index (χ0v) is 16.0. The summed E-state index contributed by atoms with van der Waals surface area (Å²) >= 11 is 1.16. The maximum atomic E-state index is 12.7. The van der Waals surface area contributed by atoms with Gasteiger partial charge in [0.1, 0.15) is 5.25 Å². The van der Waals surface area contributed by atoms with Crippen molar-refractivity contribution in [2.75, 3.05) is 11.9 Å². The summed E-state index contributed by atoms with van der Waals surface area (Å²) in [5.74, 6) is -0.448. The highest BCUT2D eigenvalue weighted by Crippen LogP contribution is 2.29. The minimum Gasteiger partial charge on any atom is -0.480 e. The van der Waals surface area contributed by atoms with E-state index in [-0.39, 0.29) is 5.91 Å². The predicted molar refractivity (Wildman–Crippen MR) is 106 cm³/mol. The average Bonchev–Trinajstić information content (AvgIpc) is 3.46. The Bertz CT molecular complexity index is 819. The lowest BCUT2D eigenvalue weighted by atomic mass is 10.2. The largest absolute Gasteiger partial charge is 0.480 e. The lowest BCUT2D eigenvalue weighted by molar-refractivity contribution is -0.136. The van der Waals surface area contributed by atoms with E-state index in [1.807, 2.05) is 24.3 Å². The summed E-state index contributed by atoms with van der Waals surface area (Å²) in [4.78, 5) is 24.5. The summed E-state index contributed by atoms with van der Waals surface area (Å²) in [5, 5.41) is 11.4. The standard InChI is InChI=1S/C21H23NO4S/c1-14(21(24)25)27-19-8-3-2-7-18(19)20(23)22-17-6-4-5-16(11-17)13-26-12-15-9-10-15/h2-8,11,14-15H,9-10,12-13H2,1H3,(H,22,23)(H,24,25). The summed E-state index contributed by atoms with van der Waals surface area (Å²) < 4.78 is 5.70. The zero-order valence-electron chi connectivity index (χ0n) is 15.2. The lowest BCUT2D eigenvalue weighted by Crippen LogP contribution is -2.15. The summed E-state index contributed by atoms with van der Waals surface area (Å²) in [6.07, 6.45) is 2.52. The number of amides is 1. The van der Waals surface area contributed by atoms with Crippen molar-refractivity contribution in [2.45, 2.75) is 36.5 Å². The minimum atomic E-state index is -0.908. The fourth-order valence-electron chi connectivity index (χ4n) is 2.56. The van der Waals surface area contributed by atoms with Gasteiger partial charge in [-0.05, 0) is 55.5 Å². The van der Waals surface area contributed by atoms with Crippen molar-refractivity contribution in [3.63, 3.8) is 0 Å². The van der Waals surface area contributed by atoms with E-state index in [4.69, 9.17) is 9.84 Å². The van der Waals surface area contributed by atoms with Crippen LogP contribution in [-0.4, -0.2) is 28.8 Å². The third-order valence-electron chi connectivity index (χ3n) is 4.29. The third kappa shape index (κ3) is 5.84. The Balaban J connectivity index is 1.65. The molecule has 3 rings (SSSR count). The Kier molecular flexibility index (Phi) is 6.53. The number of aliphatic carboxylic acids is 1. The van der Waals surface area contributed by atoms with Crippen LogP contribution in [0.4, 0.5) is 5.69 Å². The van der Waals surface area contributed by atoms with Gasteiger partial charge in [0.15, 0.2) is 0 Å². The van der Waals surface area contributed by atoms with Gasteiger partial charge >= 0.3 is 5.97 Å². The van der Waals surface area contributed by atoms with Crippen LogP contribution in [0.2, 0.25) is 0 Å². The maximum Gasteiger partial charge on any atom is 0.316 e. The average molecular weight is 385 g/mol. The number of carboxylic acid groups (broad SMARTS) is 1. The lowest BCUT2D eigenvalue weighted by Gasteiger charge is -2.12. The summed E-state index contributed by atoms with van der Waals surface area (Å²) in [5.41, 5.74) is 2.17. The first-order valence-electron chi connectivity index (χ1n) is 8.99. The van der Waals surface area contributed by atoms with Crippen LogP contribution >= 0.6 is 11.8 Å². The number of carbonyl (C=O) groups excluding carboxylic acids is 1. The molecule has 5 nitrogen and oxygen atoms in total. The normalized spacial score (nSPS) is 14.6. The van der Waals surface area contributed by atoms with Gasteiger partial charge in [0, 0.05) is 17.2 Å². The molecule has 1 saturated carbocycles. The number of anilines is 1. The second-order valence-electron chi connectivity index (χ2n) is 6.71. The number of thioether (sulfide) groups is 1. The van der Waals surface area contributed by atoms with Crippen LogP contribution < -0.4 is 5.32 Å². The highest BCUT2D eigenvalue weighted by Gasteiger charge is 2.21. The van der Waals surface area contributed by atoms with Crippen molar-refractivity contribution in [1.29, 1.82) is 0 Å². The van der Waals surface area contributed by atoms with Crippen molar-refractivity contribution in [2.24, 2.45) is 5.92 Å². The number of ether oxygens (including phenoxy) is 1. The van der Waals surface area contributed by atoms with Crippen molar-refractivity contribution in [1.82, 2.24) is 0 Å². The summed E-state index contributed by atoms with van der Waals surface area (Å²) in [6, 6.07) is 14.6. The van der Waals surface area contributed by atoms with Crippen molar-refractivity contribution in [3.05, 3.63) is 59.7 Å². The van der Waals surface area contributed by atoms with E-state index in [1.165, 1.54) is 12.8 Å². The molecule has 0 aliphatic heterocycles. The molecule has 0 aromatic heterocycles. The predicted octanol–water partition coefficient (Wildman–Crippen LogP) is 4.43. The molecule has 2 N–H and O–H groups in total. The van der Waals surface area contributed by atoms with Gasteiger partial charge in [-0.2, -0.15) is 0 Å². The Labute approximate surface area is 163 Å². The zero-order chi connectivity index (χ0) is 19.2. The van der Waals surface area contributed by atoms with Gasteiger partial charge in [-0.25, -0.2) is 0 Å². The smallest absolute Gasteiger partial charge is 0.316 e. The quantitative estimate of drug-likeness (QED) is 0.625. The molecule has 2 aromatic rings. The van der Waals surface area contributed by atoms with Gasteiger partial charge < -0.3 is 15.2 Å². The van der Waals surface area contributed by atoms with E-state index in [0.717, 1.165) is 29.9 Å². The van der Waals surface area contributed by atoms with E-state index >= 15 is 0 Å². The number of nitrogens with one attached hydrogen (secondary N) is 1. The Hall–Kier alpha value is -2.31. The third-order valence-corrected chi connectivity index (χ3v) is 5.45. The first-order chi connectivity index (χ1) is 13.0. The number of carboxylic acids is 1. The fraction of sp³-hybridized carbons (Fsp3) is 0.333. The van der Waals surface area contributed by atoms with Gasteiger partial charge in [-0.15, -0.1) is 11.8 Å². The van der Waals surface area contributed by atoms with Gasteiger partial charge in [0.2, 0.25) is 0 Å². The number of benzene rings is 2. The monoisotopic (exact) mass is 385 g/mol. The molecule has 1 unspecified atom stereocenters. The van der Waals surface area contributed by atoms with E-state index in [1.54, 1.807) is 31.2 Å². The molecule has 1 aliphatic carbocycles. The maximum absolute atomic E-state index is 12.7. The highest BCUT2D eigenvalue weighted by atomic mass is 32.2. The molecule has 0 heterocycles. The van der Waals surface area contributed by atoms with E-state index in [9.17, 15) is 9.59 Å². The van der Waals surface area contributed by atoms with Crippen molar-refractivity contribution in [3.8, 4) is 0 Å². The number of hydrogen-bond acceptors (Lipinski definition) is 4. The Morgan fingerprint density at radius 3 is 2.74 bits per heavy atom. The fourth-order valence-corrected chi connectivity index (χ4v) is 3.49. The number of carbonyl (C=O) groups is 2. The van der Waals surface area contributed by atoms with Crippen LogP contribution in [0, 0.1) is 5.92 Å². The molecule has 0 bridgehead atoms. The van der Waals surface area contributed by atoms with Crippen molar-refractivity contribution >= 4 is 29.3 Å². The number of hydrogen-bond donors (Lipinski definition) is 2. The molecular formula is C21H23NO4S. The van der Waals surface area contributed by atoms with Crippen molar-refractivity contribution < 1.29 is 19.4 Å². The van der Waals surface area contributed by atoms with E-state index in [0.29, 0.717) is 22.8 Å². The molecule has 142 valence electrons. The van der Waals surface area contributed by atoms with Gasteiger partial charge in [-0.3, -0.25) is 9.59 Å².